The minimum Gasteiger partial charge on any atom is -0.394 e. The third kappa shape index (κ3) is 5.49. The molecule has 92 valence electrons. The Morgan fingerprint density at radius 3 is 1.93 bits per heavy atom. The van der Waals surface area contributed by atoms with E-state index in [0.29, 0.717) is 12.8 Å². The monoisotopic (exact) mass is 238 g/mol. The molecule has 0 heterocycles. The first-order valence-corrected chi connectivity index (χ1v) is 7.19. The molecule has 0 rings (SSSR count). The number of sulfone groups is 1. The first-order valence-electron chi connectivity index (χ1n) is 5.48. The predicted molar refractivity (Wildman–Crippen MR) is 60.5 cm³/mol. The lowest BCUT2D eigenvalue weighted by molar-refractivity contribution is 0.112. The summed E-state index contributed by atoms with van der Waals surface area (Å²) in [5.41, 5.74) is 0. The highest BCUT2D eigenvalue weighted by Gasteiger charge is 2.26. The van der Waals surface area contributed by atoms with E-state index in [-0.39, 0.29) is 11.0 Å². The van der Waals surface area contributed by atoms with Gasteiger partial charge in [0.15, 0.2) is 9.84 Å². The van der Waals surface area contributed by atoms with Gasteiger partial charge in [-0.3, -0.25) is 0 Å². The molecule has 0 saturated carbocycles. The summed E-state index contributed by atoms with van der Waals surface area (Å²) in [5, 5.41) is 17.4. The van der Waals surface area contributed by atoms with Crippen LogP contribution >= 0.6 is 0 Å². The van der Waals surface area contributed by atoms with Crippen LogP contribution in [0.5, 0.6) is 0 Å². The van der Waals surface area contributed by atoms with Crippen molar-refractivity contribution >= 4 is 9.84 Å². The van der Waals surface area contributed by atoms with Crippen molar-refractivity contribution in [1.29, 1.82) is 0 Å². The van der Waals surface area contributed by atoms with Crippen molar-refractivity contribution in [2.45, 2.75) is 50.9 Å². The summed E-state index contributed by atoms with van der Waals surface area (Å²) < 4.78 is 23.6. The van der Waals surface area contributed by atoms with E-state index in [9.17, 15) is 8.42 Å². The van der Waals surface area contributed by atoms with Gasteiger partial charge in [0.25, 0.3) is 0 Å². The molecule has 4 nitrogen and oxygen atoms in total. The maximum atomic E-state index is 11.8. The Hall–Kier alpha value is -0.130. The SMILES string of the molecule is CCCC(CCC)S(=O)(=O)CC(O)CO. The molecule has 0 bridgehead atoms. The second-order valence-corrected chi connectivity index (χ2v) is 6.19. The van der Waals surface area contributed by atoms with E-state index in [2.05, 4.69) is 0 Å². The first-order chi connectivity index (χ1) is 6.97. The lowest BCUT2D eigenvalue weighted by Gasteiger charge is -2.17. The lowest BCUT2D eigenvalue weighted by atomic mass is 10.2. The Kier molecular flexibility index (Phi) is 7.13. The molecule has 0 aliphatic heterocycles. The molecule has 0 aromatic heterocycles. The Labute approximate surface area is 92.2 Å². The number of aliphatic hydroxyl groups excluding tert-OH is 2. The minimum absolute atomic E-state index is 0.325. The van der Waals surface area contributed by atoms with Crippen molar-refractivity contribution in [2.24, 2.45) is 0 Å². The average molecular weight is 238 g/mol. The zero-order chi connectivity index (χ0) is 11.9. The van der Waals surface area contributed by atoms with E-state index in [1.165, 1.54) is 0 Å². The zero-order valence-electron chi connectivity index (χ0n) is 9.52. The quantitative estimate of drug-likeness (QED) is 0.653. The van der Waals surface area contributed by atoms with Gasteiger partial charge in [-0.25, -0.2) is 8.42 Å². The molecule has 5 heteroatoms. The second-order valence-electron chi connectivity index (χ2n) is 3.87. The molecule has 0 spiro atoms. The summed E-state index contributed by atoms with van der Waals surface area (Å²) in [4.78, 5) is 0. The number of aliphatic hydroxyl groups is 2. The van der Waals surface area contributed by atoms with E-state index >= 15 is 0 Å². The Bertz CT molecular complexity index is 242. The summed E-state index contributed by atoms with van der Waals surface area (Å²) in [7, 11) is -3.27. The lowest BCUT2D eigenvalue weighted by Crippen LogP contribution is -2.31. The van der Waals surface area contributed by atoms with Crippen molar-refractivity contribution in [3.63, 3.8) is 0 Å². The highest BCUT2D eigenvalue weighted by atomic mass is 32.2. The molecule has 0 aliphatic carbocycles. The van der Waals surface area contributed by atoms with Crippen LogP contribution in [0.15, 0.2) is 0 Å². The Balaban J connectivity index is 4.48. The predicted octanol–water partition coefficient (Wildman–Crippen LogP) is 0.723. The average Bonchev–Trinajstić information content (AvgIpc) is 2.16. The molecule has 0 saturated heterocycles. The summed E-state index contributed by atoms with van der Waals surface area (Å²) >= 11 is 0. The third-order valence-electron chi connectivity index (χ3n) is 2.36. The van der Waals surface area contributed by atoms with Crippen molar-refractivity contribution in [3.8, 4) is 0 Å². The summed E-state index contributed by atoms with van der Waals surface area (Å²) in [6, 6.07) is 0. The van der Waals surface area contributed by atoms with Crippen LogP contribution < -0.4 is 0 Å². The van der Waals surface area contributed by atoms with E-state index in [4.69, 9.17) is 10.2 Å². The smallest absolute Gasteiger partial charge is 0.155 e. The fraction of sp³-hybridized carbons (Fsp3) is 1.00. The number of rotatable bonds is 8. The highest BCUT2D eigenvalue weighted by Crippen LogP contribution is 2.16. The van der Waals surface area contributed by atoms with Crippen LogP contribution in [-0.4, -0.2) is 42.3 Å². The van der Waals surface area contributed by atoms with E-state index in [1.54, 1.807) is 0 Å². The van der Waals surface area contributed by atoms with Gasteiger partial charge < -0.3 is 10.2 Å². The molecule has 2 N–H and O–H groups in total. The molecule has 0 aliphatic rings. The van der Waals surface area contributed by atoms with Gasteiger partial charge >= 0.3 is 0 Å². The van der Waals surface area contributed by atoms with Gasteiger partial charge in [0.2, 0.25) is 0 Å². The van der Waals surface area contributed by atoms with Crippen LogP contribution in [0.1, 0.15) is 39.5 Å². The molecule has 0 radical (unpaired) electrons. The van der Waals surface area contributed by atoms with Crippen LogP contribution in [0.2, 0.25) is 0 Å². The van der Waals surface area contributed by atoms with Crippen molar-refractivity contribution in [3.05, 3.63) is 0 Å². The number of hydrogen-bond acceptors (Lipinski definition) is 4. The molecule has 0 aromatic rings. The van der Waals surface area contributed by atoms with E-state index in [0.717, 1.165) is 12.8 Å². The minimum atomic E-state index is -3.27. The topological polar surface area (TPSA) is 74.6 Å². The number of hydrogen-bond donors (Lipinski definition) is 2. The van der Waals surface area contributed by atoms with Gasteiger partial charge in [-0.1, -0.05) is 26.7 Å². The molecule has 1 unspecified atom stereocenters. The summed E-state index contributed by atoms with van der Waals surface area (Å²) in [5.74, 6) is -0.325. The summed E-state index contributed by atoms with van der Waals surface area (Å²) in [6.45, 7) is 3.39. The Morgan fingerprint density at radius 2 is 1.60 bits per heavy atom. The van der Waals surface area contributed by atoms with Gasteiger partial charge in [0, 0.05) is 0 Å². The highest BCUT2D eigenvalue weighted by molar-refractivity contribution is 7.92. The van der Waals surface area contributed by atoms with Gasteiger partial charge in [0.1, 0.15) is 0 Å². The second kappa shape index (κ2) is 7.19. The van der Waals surface area contributed by atoms with Crippen molar-refractivity contribution < 1.29 is 18.6 Å². The van der Waals surface area contributed by atoms with Crippen LogP contribution in [0.3, 0.4) is 0 Å². The van der Waals surface area contributed by atoms with Gasteiger partial charge in [-0.05, 0) is 12.8 Å². The molecular formula is C10H22O4S. The van der Waals surface area contributed by atoms with Crippen molar-refractivity contribution in [2.75, 3.05) is 12.4 Å². The molecule has 0 amide bonds. The normalized spacial score (nSPS) is 14.5. The Morgan fingerprint density at radius 1 is 1.13 bits per heavy atom. The summed E-state index contributed by atoms with van der Waals surface area (Å²) in [6.07, 6.45) is 1.76. The van der Waals surface area contributed by atoms with E-state index < -0.39 is 22.5 Å². The van der Waals surface area contributed by atoms with Crippen LogP contribution in [0.25, 0.3) is 0 Å². The molecular weight excluding hydrogens is 216 g/mol. The van der Waals surface area contributed by atoms with Crippen LogP contribution in [0.4, 0.5) is 0 Å². The van der Waals surface area contributed by atoms with Crippen LogP contribution in [-0.2, 0) is 9.84 Å². The molecule has 0 aromatic carbocycles. The molecule has 15 heavy (non-hydrogen) atoms. The molecule has 1 atom stereocenters. The fourth-order valence-electron chi connectivity index (χ4n) is 1.60. The first kappa shape index (κ1) is 14.9. The maximum Gasteiger partial charge on any atom is 0.155 e. The maximum absolute atomic E-state index is 11.8. The van der Waals surface area contributed by atoms with Crippen molar-refractivity contribution in [1.82, 2.24) is 0 Å². The van der Waals surface area contributed by atoms with Gasteiger partial charge in [-0.2, -0.15) is 0 Å². The zero-order valence-corrected chi connectivity index (χ0v) is 10.3. The third-order valence-corrected chi connectivity index (χ3v) is 4.70. The fourth-order valence-corrected chi connectivity index (χ4v) is 3.71. The van der Waals surface area contributed by atoms with E-state index in [1.807, 2.05) is 13.8 Å². The molecule has 0 fully saturated rings. The standard InChI is InChI=1S/C10H22O4S/c1-3-5-10(6-4-2)15(13,14)8-9(12)7-11/h9-12H,3-8H2,1-2H3. The van der Waals surface area contributed by atoms with Gasteiger partial charge in [-0.15, -0.1) is 0 Å². The van der Waals surface area contributed by atoms with Gasteiger partial charge in [0.05, 0.1) is 23.7 Å². The van der Waals surface area contributed by atoms with Crippen LogP contribution in [0, 0.1) is 0 Å². The largest absolute Gasteiger partial charge is 0.394 e.